The van der Waals surface area contributed by atoms with Gasteiger partial charge in [-0.15, -0.1) is 0 Å². The number of hydrogen-bond acceptors (Lipinski definition) is 1. The standard InChI is InChI=1S/C19H16ClF2N3O/c1-3-16(20)14-6-4-11(18(26)25-19(23)24)8-15(14)10(2)13-7-5-12(21)9-17(13)22/h3-9H,1H2,2H3,(H4,23,24,25,26)/b15-10+,16-14+. The number of hydrogen-bond donors (Lipinski definition) is 2. The summed E-state index contributed by atoms with van der Waals surface area (Å²) < 4.78 is 27.4. The fourth-order valence-corrected chi connectivity index (χ4v) is 2.59. The zero-order valence-corrected chi connectivity index (χ0v) is 14.6. The van der Waals surface area contributed by atoms with Crippen molar-refractivity contribution in [2.45, 2.75) is 6.92 Å². The summed E-state index contributed by atoms with van der Waals surface area (Å²) in [5.74, 6) is -2.45. The molecular formula is C19H16ClF2N3O. The minimum absolute atomic E-state index is 0.174. The SMILES string of the molecule is C=C/C(Cl)=c1/ccc(C(=O)N=C(N)N)c/c1=C(/C)c1ccc(F)cc1F. The number of carbonyl (C=O) groups excluding carboxylic acids is 1. The Morgan fingerprint density at radius 1 is 1.15 bits per heavy atom. The topological polar surface area (TPSA) is 81.5 Å². The van der Waals surface area contributed by atoms with E-state index in [1.165, 1.54) is 24.3 Å². The van der Waals surface area contributed by atoms with Crippen molar-refractivity contribution in [2.75, 3.05) is 0 Å². The van der Waals surface area contributed by atoms with Gasteiger partial charge in [-0.1, -0.05) is 30.3 Å². The lowest BCUT2D eigenvalue weighted by molar-refractivity contribution is 0.100. The number of amides is 1. The van der Waals surface area contributed by atoms with Crippen LogP contribution in [0.3, 0.4) is 0 Å². The first-order valence-electron chi connectivity index (χ1n) is 7.47. The molecule has 0 spiro atoms. The second-order valence-corrected chi connectivity index (χ2v) is 5.81. The lowest BCUT2D eigenvalue weighted by Crippen LogP contribution is -2.30. The lowest BCUT2D eigenvalue weighted by Gasteiger charge is -2.06. The van der Waals surface area contributed by atoms with Crippen LogP contribution in [0.5, 0.6) is 0 Å². The van der Waals surface area contributed by atoms with Crippen molar-refractivity contribution in [2.24, 2.45) is 16.5 Å². The average molecular weight is 376 g/mol. The summed E-state index contributed by atoms with van der Waals surface area (Å²) in [4.78, 5) is 15.6. The highest BCUT2D eigenvalue weighted by Gasteiger charge is 2.10. The molecule has 26 heavy (non-hydrogen) atoms. The highest BCUT2D eigenvalue weighted by atomic mass is 35.5. The van der Waals surface area contributed by atoms with Crippen LogP contribution in [0.1, 0.15) is 22.8 Å². The fraction of sp³-hybridized carbons (Fsp3) is 0.0526. The minimum atomic E-state index is -0.732. The van der Waals surface area contributed by atoms with E-state index in [0.717, 1.165) is 12.1 Å². The van der Waals surface area contributed by atoms with Crippen LogP contribution in [0.2, 0.25) is 0 Å². The number of aliphatic imine (C=N–C) groups is 1. The molecule has 7 heteroatoms. The first-order valence-corrected chi connectivity index (χ1v) is 7.85. The molecule has 0 fully saturated rings. The molecule has 0 unspecified atom stereocenters. The lowest BCUT2D eigenvalue weighted by atomic mass is 10.0. The number of benzene rings is 2. The Hall–Kier alpha value is -2.99. The molecule has 4 N–H and O–H groups in total. The molecule has 2 rings (SSSR count). The van der Waals surface area contributed by atoms with Gasteiger partial charge in [0.1, 0.15) is 11.6 Å². The number of nitrogens with zero attached hydrogens (tertiary/aromatic N) is 1. The van der Waals surface area contributed by atoms with Gasteiger partial charge in [-0.2, -0.15) is 4.99 Å². The van der Waals surface area contributed by atoms with Crippen LogP contribution in [0, 0.1) is 11.6 Å². The van der Waals surface area contributed by atoms with Crippen molar-refractivity contribution in [3.63, 3.8) is 0 Å². The van der Waals surface area contributed by atoms with E-state index < -0.39 is 17.5 Å². The summed E-state index contributed by atoms with van der Waals surface area (Å²) in [6.07, 6.45) is 1.42. The van der Waals surface area contributed by atoms with Crippen molar-refractivity contribution in [1.82, 2.24) is 0 Å². The van der Waals surface area contributed by atoms with Gasteiger partial charge in [0.25, 0.3) is 5.91 Å². The fourth-order valence-electron chi connectivity index (χ4n) is 2.43. The average Bonchev–Trinajstić information content (AvgIpc) is 2.59. The maximum Gasteiger partial charge on any atom is 0.280 e. The summed E-state index contributed by atoms with van der Waals surface area (Å²) in [7, 11) is 0. The third-order valence-corrected chi connectivity index (χ3v) is 4.03. The highest BCUT2D eigenvalue weighted by molar-refractivity contribution is 6.47. The highest BCUT2D eigenvalue weighted by Crippen LogP contribution is 2.16. The molecular weight excluding hydrogens is 360 g/mol. The van der Waals surface area contributed by atoms with E-state index in [1.54, 1.807) is 13.0 Å². The van der Waals surface area contributed by atoms with Crippen LogP contribution >= 0.6 is 11.6 Å². The van der Waals surface area contributed by atoms with E-state index >= 15 is 0 Å². The van der Waals surface area contributed by atoms with Gasteiger partial charge < -0.3 is 11.5 Å². The molecule has 1 amide bonds. The summed E-state index contributed by atoms with van der Waals surface area (Å²) in [5.41, 5.74) is 11.3. The quantitative estimate of drug-likeness (QED) is 0.637. The Morgan fingerprint density at radius 2 is 1.85 bits per heavy atom. The van der Waals surface area contributed by atoms with Crippen LogP contribution in [0.4, 0.5) is 8.78 Å². The number of guanidine groups is 1. The van der Waals surface area contributed by atoms with E-state index in [9.17, 15) is 13.6 Å². The maximum atomic E-state index is 14.2. The molecule has 0 bridgehead atoms. The molecule has 0 aliphatic carbocycles. The minimum Gasteiger partial charge on any atom is -0.370 e. The molecule has 0 aliphatic heterocycles. The summed E-state index contributed by atoms with van der Waals surface area (Å²) in [5, 5.41) is 1.31. The Balaban J connectivity index is 2.89. The molecule has 0 atom stereocenters. The molecule has 0 radical (unpaired) electrons. The van der Waals surface area contributed by atoms with Gasteiger partial charge in [0, 0.05) is 27.4 Å². The van der Waals surface area contributed by atoms with Crippen molar-refractivity contribution in [3.05, 3.63) is 82.3 Å². The van der Waals surface area contributed by atoms with Crippen molar-refractivity contribution < 1.29 is 13.6 Å². The van der Waals surface area contributed by atoms with Gasteiger partial charge in [0.05, 0.1) is 0 Å². The molecule has 134 valence electrons. The monoisotopic (exact) mass is 375 g/mol. The van der Waals surface area contributed by atoms with E-state index in [-0.39, 0.29) is 17.1 Å². The predicted molar refractivity (Wildman–Crippen MR) is 99.8 cm³/mol. The number of nitrogens with two attached hydrogens (primary N) is 2. The molecule has 2 aromatic carbocycles. The third-order valence-electron chi connectivity index (χ3n) is 3.67. The number of rotatable bonds is 3. The normalized spacial score (nSPS) is 12.9. The first-order chi connectivity index (χ1) is 12.2. The molecule has 0 heterocycles. The molecule has 0 saturated heterocycles. The van der Waals surface area contributed by atoms with Gasteiger partial charge in [0.2, 0.25) is 0 Å². The van der Waals surface area contributed by atoms with Gasteiger partial charge in [-0.3, -0.25) is 4.79 Å². The van der Waals surface area contributed by atoms with Crippen molar-refractivity contribution in [1.29, 1.82) is 0 Å². The first kappa shape index (κ1) is 19.3. The second-order valence-electron chi connectivity index (χ2n) is 5.40. The molecule has 0 aliphatic rings. The Labute approximate surface area is 153 Å². The number of halogens is 3. The van der Waals surface area contributed by atoms with E-state index in [2.05, 4.69) is 11.6 Å². The number of allylic oxidation sites excluding steroid dienone is 1. The van der Waals surface area contributed by atoms with Crippen LogP contribution in [0.25, 0.3) is 10.6 Å². The van der Waals surface area contributed by atoms with E-state index in [4.69, 9.17) is 23.1 Å². The van der Waals surface area contributed by atoms with Crippen LogP contribution in [0.15, 0.2) is 54.0 Å². The largest absolute Gasteiger partial charge is 0.370 e. The van der Waals surface area contributed by atoms with Gasteiger partial charge in [0.15, 0.2) is 5.96 Å². The van der Waals surface area contributed by atoms with Gasteiger partial charge >= 0.3 is 0 Å². The molecule has 4 nitrogen and oxygen atoms in total. The van der Waals surface area contributed by atoms with E-state index in [1.807, 2.05) is 0 Å². The second kappa shape index (κ2) is 7.93. The smallest absolute Gasteiger partial charge is 0.280 e. The summed E-state index contributed by atoms with van der Waals surface area (Å²) in [6, 6.07) is 7.82. The summed E-state index contributed by atoms with van der Waals surface area (Å²) in [6.45, 7) is 5.25. The van der Waals surface area contributed by atoms with Crippen molar-refractivity contribution in [3.8, 4) is 0 Å². The Morgan fingerprint density at radius 3 is 2.42 bits per heavy atom. The van der Waals surface area contributed by atoms with Crippen LogP contribution in [-0.2, 0) is 0 Å². The third kappa shape index (κ3) is 4.15. The Kier molecular flexibility index (Phi) is 5.90. The van der Waals surface area contributed by atoms with Crippen LogP contribution in [-0.4, -0.2) is 11.9 Å². The van der Waals surface area contributed by atoms with E-state index in [0.29, 0.717) is 21.0 Å². The Bertz CT molecular complexity index is 1040. The molecule has 2 aromatic rings. The molecule has 0 saturated carbocycles. The molecule has 0 aromatic heterocycles. The number of carbonyl (C=O) groups is 1. The van der Waals surface area contributed by atoms with Crippen LogP contribution < -0.4 is 21.9 Å². The van der Waals surface area contributed by atoms with Crippen molar-refractivity contribution >= 4 is 34.1 Å². The zero-order valence-electron chi connectivity index (χ0n) is 13.9. The summed E-state index contributed by atoms with van der Waals surface area (Å²) >= 11 is 6.19. The maximum absolute atomic E-state index is 14.2. The zero-order chi connectivity index (χ0) is 19.4. The predicted octanol–water partition coefficient (Wildman–Crippen LogP) is 2.13. The van der Waals surface area contributed by atoms with Gasteiger partial charge in [-0.05, 0) is 42.0 Å². The van der Waals surface area contributed by atoms with Gasteiger partial charge in [-0.25, -0.2) is 8.78 Å².